The first-order chi connectivity index (χ1) is 17.0. The van der Waals surface area contributed by atoms with Gasteiger partial charge in [-0.1, -0.05) is 19.6 Å². The van der Waals surface area contributed by atoms with E-state index >= 15 is 0 Å². The molecule has 1 fully saturated rings. The van der Waals surface area contributed by atoms with E-state index in [0.29, 0.717) is 11.1 Å². The highest BCUT2D eigenvalue weighted by Gasteiger charge is 2.64. The topological polar surface area (TPSA) is 174 Å². The number of hydrogen-bond acceptors (Lipinski definition) is 9. The molecule has 1 aromatic carbocycles. The number of phenolic OH excluding ortho intramolecular Hbond substituents is 1. The molecule has 0 bridgehead atoms. The van der Waals surface area contributed by atoms with Crippen LogP contribution >= 0.6 is 0 Å². The number of carbonyl (C=O) groups excluding carboxylic acids is 3. The molecule has 3 aliphatic rings. The van der Waals surface area contributed by atoms with Gasteiger partial charge in [0, 0.05) is 29.4 Å². The summed E-state index contributed by atoms with van der Waals surface area (Å²) in [5.41, 5.74) is 3.76. The Hall–Kier alpha value is -4.02. The van der Waals surface area contributed by atoms with E-state index in [1.54, 1.807) is 38.6 Å². The smallest absolute Gasteiger partial charge is 0.255 e. The molecule has 1 saturated carbocycles. The van der Waals surface area contributed by atoms with E-state index in [0.717, 1.165) is 5.56 Å². The molecule has 0 saturated heterocycles. The Balaban J connectivity index is 0.00000320. The Morgan fingerprint density at radius 3 is 2.46 bits per heavy atom. The molecule has 0 unspecified atom stereocenters. The monoisotopic (exact) mass is 507 g/mol. The van der Waals surface area contributed by atoms with Crippen LogP contribution in [0, 0.1) is 11.8 Å². The summed E-state index contributed by atoms with van der Waals surface area (Å²) in [6, 6.07) is 5.56. The maximum atomic E-state index is 13.8. The first-order valence-corrected chi connectivity index (χ1v) is 11.4. The third-order valence-corrected chi connectivity index (χ3v) is 7.58. The van der Waals surface area contributed by atoms with Crippen molar-refractivity contribution >= 4 is 23.2 Å². The van der Waals surface area contributed by atoms with Crippen LogP contribution in [0.3, 0.4) is 0 Å². The molecule has 0 aliphatic heterocycles. The number of aromatic hydroxyl groups is 1. The molecule has 0 radical (unpaired) electrons. The van der Waals surface area contributed by atoms with Crippen molar-refractivity contribution in [1.29, 1.82) is 0 Å². The van der Waals surface area contributed by atoms with Gasteiger partial charge in [-0.25, -0.2) is 0 Å². The third kappa shape index (κ3) is 3.47. The normalized spacial score (nSPS) is 26.9. The first-order valence-electron chi connectivity index (χ1n) is 11.4. The van der Waals surface area contributed by atoms with Crippen molar-refractivity contribution in [3.05, 3.63) is 64.7 Å². The Bertz CT molecular complexity index is 1400. The Morgan fingerprint density at radius 2 is 1.86 bits per heavy atom. The molecule has 1 aromatic heterocycles. The minimum Gasteiger partial charge on any atom is -0.508 e. The van der Waals surface area contributed by atoms with Crippen molar-refractivity contribution < 1.29 is 34.8 Å². The predicted octanol–water partition coefficient (Wildman–Crippen LogP) is 1.66. The summed E-state index contributed by atoms with van der Waals surface area (Å²) in [5, 5.41) is 44.4. The number of nitrogens with zero attached hydrogens (tertiary/aromatic N) is 2. The lowest BCUT2D eigenvalue weighted by Gasteiger charge is -2.50. The second kappa shape index (κ2) is 8.82. The van der Waals surface area contributed by atoms with Crippen LogP contribution in [0.1, 0.15) is 25.0 Å². The van der Waals surface area contributed by atoms with Crippen molar-refractivity contribution in [2.75, 3.05) is 14.1 Å². The van der Waals surface area contributed by atoms with E-state index in [-0.39, 0.29) is 37.2 Å². The van der Waals surface area contributed by atoms with Crippen LogP contribution in [0.25, 0.3) is 16.9 Å². The molecule has 10 heteroatoms. The van der Waals surface area contributed by atoms with Gasteiger partial charge in [0.25, 0.3) is 5.91 Å². The van der Waals surface area contributed by atoms with Crippen LogP contribution in [0.5, 0.6) is 5.75 Å². The summed E-state index contributed by atoms with van der Waals surface area (Å²) in [4.78, 5) is 44.6. The molecular formula is C27H29N3O7. The summed E-state index contributed by atoms with van der Waals surface area (Å²) in [6.07, 6.45) is 3.51. The van der Waals surface area contributed by atoms with Crippen molar-refractivity contribution in [1.82, 2.24) is 9.88 Å². The highest BCUT2D eigenvalue weighted by molar-refractivity contribution is 6.24. The van der Waals surface area contributed by atoms with Gasteiger partial charge in [-0.15, -0.1) is 0 Å². The summed E-state index contributed by atoms with van der Waals surface area (Å²) in [5.74, 6) is -6.71. The molecule has 5 rings (SSSR count). The van der Waals surface area contributed by atoms with Gasteiger partial charge in [-0.05, 0) is 56.1 Å². The second-order valence-corrected chi connectivity index (χ2v) is 9.69. The van der Waals surface area contributed by atoms with Gasteiger partial charge in [0.2, 0.25) is 5.78 Å². The second-order valence-electron chi connectivity index (χ2n) is 9.69. The highest BCUT2D eigenvalue weighted by atomic mass is 16.3. The number of rotatable bonds is 3. The van der Waals surface area contributed by atoms with Crippen molar-refractivity contribution in [2.24, 2.45) is 17.6 Å². The summed E-state index contributed by atoms with van der Waals surface area (Å²) < 4.78 is 0. The number of Topliss-reactive ketones (excluding diaryl/α,β-unsaturated/α-hetero) is 2. The van der Waals surface area contributed by atoms with Crippen LogP contribution < -0.4 is 5.73 Å². The van der Waals surface area contributed by atoms with Crippen molar-refractivity contribution in [3.8, 4) is 16.9 Å². The number of likely N-dealkylation sites (N-methyl/N-ethyl adjacent to an activating group) is 1. The van der Waals surface area contributed by atoms with Gasteiger partial charge in [-0.2, -0.15) is 0 Å². The van der Waals surface area contributed by atoms with Gasteiger partial charge in [0.15, 0.2) is 11.4 Å². The van der Waals surface area contributed by atoms with Gasteiger partial charge >= 0.3 is 0 Å². The van der Waals surface area contributed by atoms with Gasteiger partial charge in [-0.3, -0.25) is 24.3 Å². The standard InChI is InChI=1S/C26H25N3O7.CH4/c1-29(2)20-15-9-12-8-14-13(11-4-3-7-28-10-11)5-6-16(30)18(14)21(31)17(12)23(33)26(15,36)24(34)19(22(20)32)25(27)35;/h3-7,10,12,15,20,30-31,34,36H,8-9H2,1-2H3,(H2,27,35);1H4/t12-,15-,20-,26-;/m0./s1. The molecular weight excluding hydrogens is 478 g/mol. The summed E-state index contributed by atoms with van der Waals surface area (Å²) >= 11 is 0. The van der Waals surface area contributed by atoms with Crippen LogP contribution in [0.4, 0.5) is 0 Å². The van der Waals surface area contributed by atoms with Crippen LogP contribution in [0.15, 0.2) is 53.6 Å². The minimum atomic E-state index is -2.65. The van der Waals surface area contributed by atoms with Gasteiger partial charge in [0.05, 0.1) is 11.6 Å². The van der Waals surface area contributed by atoms with Gasteiger partial charge < -0.3 is 26.2 Å². The number of pyridine rings is 1. The maximum Gasteiger partial charge on any atom is 0.255 e. The van der Waals surface area contributed by atoms with E-state index in [9.17, 15) is 34.8 Å². The fourth-order valence-electron chi connectivity index (χ4n) is 6.04. The number of fused-ring (bicyclic) bond motifs is 3. The Kier molecular flexibility index (Phi) is 6.21. The third-order valence-electron chi connectivity index (χ3n) is 7.58. The zero-order valence-corrected chi connectivity index (χ0v) is 19.6. The highest BCUT2D eigenvalue weighted by Crippen LogP contribution is 2.53. The lowest BCUT2D eigenvalue weighted by atomic mass is 9.57. The summed E-state index contributed by atoms with van der Waals surface area (Å²) in [6.45, 7) is 0. The van der Waals surface area contributed by atoms with Crippen LogP contribution in [-0.2, 0) is 20.8 Å². The minimum absolute atomic E-state index is 0. The predicted molar refractivity (Wildman–Crippen MR) is 134 cm³/mol. The molecule has 3 aliphatic carbocycles. The number of amides is 1. The van der Waals surface area contributed by atoms with Crippen LogP contribution in [-0.4, -0.2) is 73.5 Å². The molecule has 4 atom stereocenters. The number of aromatic nitrogens is 1. The van der Waals surface area contributed by atoms with E-state index < -0.39 is 58.0 Å². The number of aliphatic hydroxyl groups excluding tert-OH is 2. The van der Waals surface area contributed by atoms with Crippen molar-refractivity contribution in [2.45, 2.75) is 31.9 Å². The fourth-order valence-corrected chi connectivity index (χ4v) is 6.04. The fraction of sp³-hybridized carbons (Fsp3) is 0.333. The SMILES string of the molecule is C.CN(C)[C@@H]1C(=O)C(C(N)=O)=C(O)[C@@]2(O)C(=O)C3=C(O)c4c(O)ccc(-c5cccnc5)c4C[C@H]3C[C@@H]12. The average molecular weight is 508 g/mol. The lowest BCUT2D eigenvalue weighted by Crippen LogP contribution is -2.65. The molecule has 1 amide bonds. The molecule has 2 aromatic rings. The number of hydrogen-bond donors (Lipinski definition) is 5. The quantitative estimate of drug-likeness (QED) is 0.387. The average Bonchev–Trinajstić information content (AvgIpc) is 2.81. The number of benzene rings is 1. The number of nitrogens with two attached hydrogens (primary N) is 1. The molecule has 10 nitrogen and oxygen atoms in total. The maximum absolute atomic E-state index is 13.8. The first kappa shape index (κ1) is 26.1. The van der Waals surface area contributed by atoms with Gasteiger partial charge in [0.1, 0.15) is 22.8 Å². The van der Waals surface area contributed by atoms with E-state index in [2.05, 4.69) is 4.98 Å². The summed E-state index contributed by atoms with van der Waals surface area (Å²) in [7, 11) is 3.12. The molecule has 194 valence electrons. The van der Waals surface area contributed by atoms with E-state index in [4.69, 9.17) is 5.73 Å². The Morgan fingerprint density at radius 1 is 1.16 bits per heavy atom. The zero-order chi connectivity index (χ0) is 26.1. The molecule has 6 N–H and O–H groups in total. The largest absolute Gasteiger partial charge is 0.508 e. The zero-order valence-electron chi connectivity index (χ0n) is 19.6. The lowest BCUT2D eigenvalue weighted by molar-refractivity contribution is -0.153. The number of phenols is 1. The Labute approximate surface area is 213 Å². The number of ketones is 2. The van der Waals surface area contributed by atoms with E-state index in [1.165, 1.54) is 11.0 Å². The van der Waals surface area contributed by atoms with E-state index in [1.807, 2.05) is 6.07 Å². The van der Waals surface area contributed by atoms with Crippen LogP contribution in [0.2, 0.25) is 0 Å². The molecule has 37 heavy (non-hydrogen) atoms. The number of carbonyl (C=O) groups is 3. The van der Waals surface area contributed by atoms with Crippen molar-refractivity contribution in [3.63, 3.8) is 0 Å². The molecule has 1 heterocycles. The number of primary amides is 1. The molecule has 0 spiro atoms. The number of aliphatic hydroxyl groups is 3.